The molecule has 0 aromatic heterocycles. The maximum atomic E-state index is 10.8. The number of carboxylic acids is 1. The summed E-state index contributed by atoms with van der Waals surface area (Å²) in [5.74, 6) is 1.25. The van der Waals surface area contributed by atoms with Gasteiger partial charge in [0.25, 0.3) is 0 Å². The second-order valence-electron chi connectivity index (χ2n) is 4.18. The van der Waals surface area contributed by atoms with Crippen molar-refractivity contribution in [3.05, 3.63) is 35.4 Å². The summed E-state index contributed by atoms with van der Waals surface area (Å²) < 4.78 is 0. The Labute approximate surface area is 94.7 Å². The summed E-state index contributed by atoms with van der Waals surface area (Å²) in [4.78, 5) is 10.8. The van der Waals surface area contributed by atoms with Crippen LogP contribution in [0.15, 0.2) is 24.3 Å². The molecule has 0 bridgehead atoms. The fourth-order valence-corrected chi connectivity index (χ4v) is 1.46. The molecule has 16 heavy (non-hydrogen) atoms. The summed E-state index contributed by atoms with van der Waals surface area (Å²) in [7, 11) is 0. The molecule has 0 saturated heterocycles. The van der Waals surface area contributed by atoms with E-state index in [4.69, 9.17) is 11.5 Å². The van der Waals surface area contributed by atoms with Gasteiger partial charge < -0.3 is 10.2 Å². The number of benzene rings is 1. The summed E-state index contributed by atoms with van der Waals surface area (Å²) in [6, 6.07) is 6.93. The molecular weight excluding hydrogens is 204 g/mol. The lowest BCUT2D eigenvalue weighted by atomic mass is 9.79. The molecule has 3 heteroatoms. The first-order chi connectivity index (χ1) is 7.39. The van der Waals surface area contributed by atoms with Crippen molar-refractivity contribution in [3.8, 4) is 12.3 Å². The van der Waals surface area contributed by atoms with Crippen molar-refractivity contribution in [2.45, 2.75) is 25.4 Å². The van der Waals surface area contributed by atoms with Crippen molar-refractivity contribution in [2.24, 2.45) is 0 Å². The predicted octanol–water partition coefficient (Wildman–Crippen LogP) is 1.39. The summed E-state index contributed by atoms with van der Waals surface area (Å²) in [5, 5.41) is 18.4. The Morgan fingerprint density at radius 2 is 1.88 bits per heavy atom. The molecule has 0 aliphatic heterocycles. The molecule has 0 radical (unpaired) electrons. The molecule has 1 aromatic carbocycles. The second-order valence-corrected chi connectivity index (χ2v) is 4.18. The number of hydrogen-bond acceptors (Lipinski definition) is 2. The first kappa shape index (κ1) is 12.3. The zero-order valence-corrected chi connectivity index (χ0v) is 9.27. The normalized spacial score (nSPS) is 12.9. The van der Waals surface area contributed by atoms with E-state index in [1.54, 1.807) is 38.1 Å². The molecular formula is C13H14O3. The smallest absolute Gasteiger partial charge is 0.333 e. The minimum Gasteiger partial charge on any atom is -0.479 e. The van der Waals surface area contributed by atoms with E-state index in [1.807, 2.05) is 0 Å². The lowest BCUT2D eigenvalue weighted by Crippen LogP contribution is -2.39. The number of aliphatic hydroxyl groups is 1. The van der Waals surface area contributed by atoms with Gasteiger partial charge in [0.05, 0.1) is 0 Å². The van der Waals surface area contributed by atoms with Crippen LogP contribution in [-0.2, 0) is 10.2 Å². The van der Waals surface area contributed by atoms with Crippen LogP contribution in [0.3, 0.4) is 0 Å². The number of hydrogen-bond donors (Lipinski definition) is 2. The third-order valence-electron chi connectivity index (χ3n) is 2.71. The Hall–Kier alpha value is -1.79. The van der Waals surface area contributed by atoms with Gasteiger partial charge in [0.2, 0.25) is 0 Å². The van der Waals surface area contributed by atoms with Gasteiger partial charge in [-0.15, -0.1) is 6.42 Å². The fourth-order valence-electron chi connectivity index (χ4n) is 1.46. The standard InChI is InChI=1S/C13H14O3/c1-4-9-5-7-10(8-6-9)13(2,3)11(14)12(15)16/h1,5-8,11,14H,2-3H3,(H,15,16). The van der Waals surface area contributed by atoms with Gasteiger partial charge in [-0.1, -0.05) is 31.9 Å². The largest absolute Gasteiger partial charge is 0.479 e. The van der Waals surface area contributed by atoms with E-state index in [0.29, 0.717) is 0 Å². The van der Waals surface area contributed by atoms with Gasteiger partial charge in [0.15, 0.2) is 6.10 Å². The SMILES string of the molecule is C#Cc1ccc(C(C)(C)C(O)C(=O)O)cc1. The molecule has 1 aromatic rings. The Morgan fingerprint density at radius 3 is 2.25 bits per heavy atom. The number of carbonyl (C=O) groups is 1. The summed E-state index contributed by atoms with van der Waals surface area (Å²) in [5.41, 5.74) is 0.615. The van der Waals surface area contributed by atoms with E-state index in [2.05, 4.69) is 5.92 Å². The molecule has 2 N–H and O–H groups in total. The van der Waals surface area contributed by atoms with Gasteiger partial charge in [-0.05, 0) is 17.7 Å². The molecule has 0 aliphatic rings. The van der Waals surface area contributed by atoms with Crippen molar-refractivity contribution in [1.29, 1.82) is 0 Å². The van der Waals surface area contributed by atoms with Crippen LogP contribution in [0.1, 0.15) is 25.0 Å². The van der Waals surface area contributed by atoms with Crippen LogP contribution in [0.2, 0.25) is 0 Å². The molecule has 1 rings (SSSR count). The third-order valence-corrected chi connectivity index (χ3v) is 2.71. The van der Waals surface area contributed by atoms with Gasteiger partial charge in [0, 0.05) is 11.0 Å². The van der Waals surface area contributed by atoms with Crippen LogP contribution in [0.5, 0.6) is 0 Å². The zero-order chi connectivity index (χ0) is 12.3. The molecule has 0 fully saturated rings. The quantitative estimate of drug-likeness (QED) is 0.754. The van der Waals surface area contributed by atoms with Gasteiger partial charge in [0.1, 0.15) is 0 Å². The minimum atomic E-state index is -1.44. The summed E-state index contributed by atoms with van der Waals surface area (Å²) in [6.07, 6.45) is 3.78. The predicted molar refractivity (Wildman–Crippen MR) is 61.0 cm³/mol. The first-order valence-corrected chi connectivity index (χ1v) is 4.87. The molecule has 0 amide bonds. The Kier molecular flexibility index (Phi) is 3.36. The van der Waals surface area contributed by atoms with E-state index in [0.717, 1.165) is 11.1 Å². The van der Waals surface area contributed by atoms with Crippen molar-refractivity contribution in [1.82, 2.24) is 0 Å². The van der Waals surface area contributed by atoms with Gasteiger partial charge in [-0.3, -0.25) is 0 Å². The van der Waals surface area contributed by atoms with Crippen LogP contribution in [-0.4, -0.2) is 22.3 Å². The summed E-state index contributed by atoms with van der Waals surface area (Å²) >= 11 is 0. The second kappa shape index (κ2) is 4.38. The van der Waals surface area contributed by atoms with E-state index in [9.17, 15) is 9.90 Å². The lowest BCUT2D eigenvalue weighted by Gasteiger charge is -2.28. The lowest BCUT2D eigenvalue weighted by molar-refractivity contribution is -0.150. The Morgan fingerprint density at radius 1 is 1.38 bits per heavy atom. The Bertz CT molecular complexity index is 423. The molecule has 1 atom stereocenters. The van der Waals surface area contributed by atoms with Crippen LogP contribution < -0.4 is 0 Å². The zero-order valence-electron chi connectivity index (χ0n) is 9.27. The van der Waals surface area contributed by atoms with E-state index in [-0.39, 0.29) is 0 Å². The van der Waals surface area contributed by atoms with Gasteiger partial charge >= 0.3 is 5.97 Å². The van der Waals surface area contributed by atoms with Crippen molar-refractivity contribution < 1.29 is 15.0 Å². The number of aliphatic carboxylic acids is 1. The number of aliphatic hydroxyl groups excluding tert-OH is 1. The third kappa shape index (κ3) is 2.23. The minimum absolute atomic E-state index is 0.726. The molecule has 84 valence electrons. The first-order valence-electron chi connectivity index (χ1n) is 4.87. The number of carboxylic acid groups (broad SMARTS) is 1. The van der Waals surface area contributed by atoms with Crippen LogP contribution >= 0.6 is 0 Å². The highest BCUT2D eigenvalue weighted by Gasteiger charge is 2.34. The topological polar surface area (TPSA) is 57.5 Å². The number of rotatable bonds is 3. The van der Waals surface area contributed by atoms with E-state index in [1.165, 1.54) is 0 Å². The van der Waals surface area contributed by atoms with Gasteiger partial charge in [-0.25, -0.2) is 4.79 Å². The molecule has 3 nitrogen and oxygen atoms in total. The monoisotopic (exact) mass is 218 g/mol. The average molecular weight is 218 g/mol. The maximum Gasteiger partial charge on any atom is 0.333 e. The highest BCUT2D eigenvalue weighted by molar-refractivity contribution is 5.74. The van der Waals surface area contributed by atoms with Crippen molar-refractivity contribution >= 4 is 5.97 Å². The maximum absolute atomic E-state index is 10.8. The van der Waals surface area contributed by atoms with Crippen molar-refractivity contribution in [2.75, 3.05) is 0 Å². The average Bonchev–Trinajstić information content (AvgIpc) is 2.28. The van der Waals surface area contributed by atoms with Crippen molar-refractivity contribution in [3.63, 3.8) is 0 Å². The molecule has 0 saturated carbocycles. The van der Waals surface area contributed by atoms with E-state index < -0.39 is 17.5 Å². The highest BCUT2D eigenvalue weighted by Crippen LogP contribution is 2.27. The highest BCUT2D eigenvalue weighted by atomic mass is 16.4. The van der Waals surface area contributed by atoms with E-state index >= 15 is 0 Å². The molecule has 0 heterocycles. The van der Waals surface area contributed by atoms with Crippen LogP contribution in [0.25, 0.3) is 0 Å². The molecule has 0 aliphatic carbocycles. The van der Waals surface area contributed by atoms with Crippen LogP contribution in [0.4, 0.5) is 0 Å². The van der Waals surface area contributed by atoms with Crippen LogP contribution in [0, 0.1) is 12.3 Å². The Balaban J connectivity index is 3.07. The number of terminal acetylenes is 1. The summed E-state index contributed by atoms with van der Waals surface area (Å²) in [6.45, 7) is 3.35. The van der Waals surface area contributed by atoms with Gasteiger partial charge in [-0.2, -0.15) is 0 Å². The molecule has 0 spiro atoms. The molecule has 1 unspecified atom stereocenters. The fraction of sp³-hybridized carbons (Fsp3) is 0.308.